The number of ether oxygens (including phenoxy) is 10. The molecule has 1 saturated carbocycles. The van der Waals surface area contributed by atoms with Gasteiger partial charge in [-0.05, 0) is 286 Å². The molecular formula is C111H118N12O15S4. The van der Waals surface area contributed by atoms with Gasteiger partial charge in [0.2, 0.25) is 0 Å². The smallest absolute Gasteiger partial charge is 0.343 e. The van der Waals surface area contributed by atoms with Gasteiger partial charge in [0.15, 0.2) is 20.5 Å². The summed E-state index contributed by atoms with van der Waals surface area (Å²) < 4.78 is 60.5. The number of thiazole rings is 4. The third kappa shape index (κ3) is 33.2. The topological polar surface area (TPSA) is 421 Å². The van der Waals surface area contributed by atoms with E-state index in [4.69, 9.17) is 91.3 Å². The number of nitrogens with two attached hydrogens (primary N) is 3. The number of nitrogens with one attached hydrogen (secondary N) is 5. The number of fused-ring (bicyclic) bond motifs is 6. The van der Waals surface area contributed by atoms with Crippen LogP contribution in [0.15, 0.2) is 263 Å². The molecule has 11 aromatic carbocycles. The number of carbonyl (C=O) groups excluding carboxylic acids is 4. The Kier molecular flexibility index (Phi) is 42.3. The lowest BCUT2D eigenvalue weighted by Gasteiger charge is -2.18. The van der Waals surface area contributed by atoms with Gasteiger partial charge < -0.3 is 96.6 Å². The minimum absolute atomic E-state index is 0.135. The van der Waals surface area contributed by atoms with Gasteiger partial charge in [0, 0.05) is 85.4 Å². The van der Waals surface area contributed by atoms with E-state index in [1.54, 1.807) is 54.7 Å². The van der Waals surface area contributed by atoms with Crippen LogP contribution < -0.4 is 46.2 Å². The standard InChI is InChI=1S/C43H46N2O8.C38H44N2O6.C9H10N2OS.3C7H6N2S/c1-3-48-16-5-4-7-29-20-35(25-44)41(36(21-29)26-45)53-43(47)33-12-15-38(28(2)19-33)52-42(46)34-10-9-32-24-37(13-11-31(32)23-34)50-18-6-17-49-27-30-8-14-39-40(22-30)51-39;1-3-37(41)45-23-11-7-5-9-21-43-33-17-13-29(14-18-33)35-25-32(28-40)36(26-31(35)27-39)30-15-19-34(20-16-30)44-22-10-6-8-12-24-46-38(42)4-2;12-6-5-10-9-11-7-3-1-2-4-8(7)13-9;3*8-7-9-5-3-1-2-4-6(5)10-7/h3,9-13,15,19-21,23-26,30,39-40,44-45H,1,4-8,14,16-18,22,27H2,2H3;3-4,13-20,25-28,39-40H,1-2,5-12,21-24H2;1-4,12H,5-6H2,(H,10,11);3*1-4H,(H2,8,9). The molecule has 0 spiro atoms. The number of rotatable bonds is 44. The van der Waals surface area contributed by atoms with Crippen LogP contribution in [0.25, 0.3) is 73.9 Å². The first-order valence-corrected chi connectivity index (χ1v) is 50.2. The molecule has 3 unspecified atom stereocenters. The number of hydrogen-bond donors (Lipinski definition) is 9. The molecule has 4 aromatic heterocycles. The van der Waals surface area contributed by atoms with E-state index in [-0.39, 0.29) is 29.9 Å². The second-order valence-electron chi connectivity index (χ2n) is 32.9. The number of aliphatic hydroxyl groups excluding tert-OH is 1. The number of aliphatic hydroxyl groups is 1. The molecule has 1 aliphatic heterocycles. The maximum Gasteiger partial charge on any atom is 0.343 e. The number of aryl methyl sites for hydroxylation is 2. The molecule has 1 aliphatic carbocycles. The van der Waals surface area contributed by atoms with Gasteiger partial charge in [0.25, 0.3) is 0 Å². The first-order valence-electron chi connectivity index (χ1n) is 46.9. The van der Waals surface area contributed by atoms with Gasteiger partial charge in [-0.3, -0.25) is 0 Å². The zero-order valence-corrected chi connectivity index (χ0v) is 82.5. The summed E-state index contributed by atoms with van der Waals surface area (Å²) in [6.07, 6.45) is 23.7. The van der Waals surface area contributed by atoms with Gasteiger partial charge in [0.05, 0.1) is 117 Å². The van der Waals surface area contributed by atoms with Gasteiger partial charge in [-0.1, -0.05) is 150 Å². The highest BCUT2D eigenvalue weighted by atomic mass is 32.1. The van der Waals surface area contributed by atoms with Crippen LogP contribution in [0.2, 0.25) is 0 Å². The van der Waals surface area contributed by atoms with Crippen molar-refractivity contribution in [2.75, 3.05) is 88.5 Å². The average Bonchev–Trinajstić information content (AvgIpc) is 1.72. The molecule has 0 radical (unpaired) electrons. The van der Waals surface area contributed by atoms with Crippen molar-refractivity contribution in [3.63, 3.8) is 0 Å². The third-order valence-electron chi connectivity index (χ3n) is 22.5. The van der Waals surface area contributed by atoms with Crippen LogP contribution in [-0.2, 0) is 39.7 Å². The number of aromatic nitrogens is 4. The van der Waals surface area contributed by atoms with E-state index in [0.717, 1.165) is 217 Å². The number of hydrogen-bond acceptors (Lipinski definition) is 31. The van der Waals surface area contributed by atoms with E-state index in [9.17, 15) is 19.2 Å². The molecule has 736 valence electrons. The Morgan fingerprint density at radius 2 is 0.908 bits per heavy atom. The second kappa shape index (κ2) is 56.5. The van der Waals surface area contributed by atoms with Gasteiger partial charge in [-0.2, -0.15) is 0 Å². The van der Waals surface area contributed by atoms with E-state index >= 15 is 0 Å². The van der Waals surface area contributed by atoms with E-state index in [1.807, 2.05) is 182 Å². The highest BCUT2D eigenvalue weighted by Gasteiger charge is 2.43. The molecule has 2 aliphatic rings. The zero-order valence-electron chi connectivity index (χ0n) is 79.3. The summed E-state index contributed by atoms with van der Waals surface area (Å²) >= 11 is 6.16. The fourth-order valence-electron chi connectivity index (χ4n) is 15.3. The van der Waals surface area contributed by atoms with E-state index < -0.39 is 11.9 Å². The highest BCUT2D eigenvalue weighted by molar-refractivity contribution is 7.23. The van der Waals surface area contributed by atoms with Crippen LogP contribution in [0.1, 0.15) is 144 Å². The Morgan fingerprint density at radius 3 is 1.39 bits per heavy atom. The number of benzene rings is 11. The van der Waals surface area contributed by atoms with E-state index in [0.29, 0.717) is 114 Å². The maximum absolute atomic E-state index is 13.2. The van der Waals surface area contributed by atoms with Gasteiger partial charge >= 0.3 is 23.9 Å². The van der Waals surface area contributed by atoms with Crippen molar-refractivity contribution in [3.8, 4) is 51.0 Å². The number of nitrogens with zero attached hydrogens (tertiary/aromatic N) is 4. The van der Waals surface area contributed by atoms with Crippen LogP contribution in [0.4, 0.5) is 20.5 Å². The maximum atomic E-state index is 13.2. The molecule has 0 amide bonds. The first-order chi connectivity index (χ1) is 69.3. The fourth-order valence-corrected chi connectivity index (χ4v) is 18.4. The molecule has 0 bridgehead atoms. The molecule has 142 heavy (non-hydrogen) atoms. The Bertz CT molecular complexity index is 6300. The van der Waals surface area contributed by atoms with Gasteiger partial charge in [-0.15, -0.1) is 0 Å². The molecule has 2 fully saturated rings. The number of unbranched alkanes of at least 4 members (excludes halogenated alkanes) is 7. The number of epoxide rings is 1. The summed E-state index contributed by atoms with van der Waals surface area (Å²) in [5, 5.41) is 48.3. The normalized spacial score (nSPS) is 13.0. The lowest BCUT2D eigenvalue weighted by molar-refractivity contribution is -0.138. The van der Waals surface area contributed by atoms with Gasteiger partial charge in [-0.25, -0.2) is 39.1 Å². The molecule has 17 rings (SSSR count). The number of nitrogen functional groups attached to an aromatic ring is 3. The van der Waals surface area contributed by atoms with E-state index in [1.165, 1.54) is 82.0 Å². The largest absolute Gasteiger partial charge is 0.502 e. The molecule has 1 saturated heterocycles. The predicted molar refractivity (Wildman–Crippen MR) is 574 cm³/mol. The molecule has 15 aromatic rings. The summed E-state index contributed by atoms with van der Waals surface area (Å²) in [6.45, 7) is 17.3. The fraction of sp³-hybridized carbons (Fsp3) is 0.261. The monoisotopic (exact) mass is 1990 g/mol. The zero-order chi connectivity index (χ0) is 100. The van der Waals surface area contributed by atoms with Crippen LogP contribution in [0.3, 0.4) is 0 Å². The summed E-state index contributed by atoms with van der Waals surface area (Å²) in [7, 11) is 0. The molecule has 31 heteroatoms. The Hall–Kier alpha value is -14.7. The van der Waals surface area contributed by atoms with Crippen molar-refractivity contribution < 1.29 is 71.7 Å². The molecule has 27 nitrogen and oxygen atoms in total. The number of anilines is 4. The van der Waals surface area contributed by atoms with Crippen LogP contribution in [0.5, 0.6) is 28.7 Å². The Balaban J connectivity index is 0.000000178. The van der Waals surface area contributed by atoms with Crippen LogP contribution in [-0.4, -0.2) is 152 Å². The average molecular weight is 1990 g/mol. The minimum Gasteiger partial charge on any atom is -0.502 e. The Labute approximate surface area is 841 Å². The van der Waals surface area contributed by atoms with Gasteiger partial charge in [0.1, 0.15) is 28.7 Å². The number of esters is 4. The van der Waals surface area contributed by atoms with Crippen molar-refractivity contribution in [1.29, 1.82) is 21.6 Å². The number of carbonyl (C=O) groups is 4. The van der Waals surface area contributed by atoms with Crippen molar-refractivity contribution in [3.05, 3.63) is 307 Å². The highest BCUT2D eigenvalue weighted by Crippen LogP contribution is 2.40. The molecular weight excluding hydrogens is 1870 g/mol. The van der Waals surface area contributed by atoms with Crippen LogP contribution >= 0.6 is 45.3 Å². The molecule has 5 heterocycles. The quantitative estimate of drug-likeness (QED) is 0.00326. The van der Waals surface area contributed by atoms with Crippen molar-refractivity contribution in [2.24, 2.45) is 5.92 Å². The first kappa shape index (κ1) is 106. The lowest BCUT2D eigenvalue weighted by Crippen LogP contribution is -2.19. The number of para-hydroxylation sites is 4. The predicted octanol–water partition coefficient (Wildman–Crippen LogP) is 24.1. The second-order valence-corrected chi connectivity index (χ2v) is 37.1. The summed E-state index contributed by atoms with van der Waals surface area (Å²) in [6, 6.07) is 70.6. The molecule has 3 atom stereocenters. The van der Waals surface area contributed by atoms with Crippen molar-refractivity contribution in [2.45, 2.75) is 115 Å². The lowest BCUT2D eigenvalue weighted by atomic mass is 9.90. The molecule has 12 N–H and O–H groups in total. The van der Waals surface area contributed by atoms with Crippen molar-refractivity contribution >= 4 is 166 Å². The SMILES string of the molecule is C=CC(=O)OCCCCCCOc1ccc(-c2cc(C=N)c(-c3ccc(OCCCCCCOC(=O)C=C)cc3)cc2C=N)cc1.C=COCCCCc1cc(C=N)c(OC(=O)c2ccc(OC(=O)c3ccc4cc(OCCCOCC5CCC6OC6C5)ccc4c3)c(C)c2)c(C=N)c1.Nc1nc2ccccc2s1.Nc1nc2ccccc2s1.Nc1nc2ccccc2s1.OCCNc1nc2ccccc2s1. The summed E-state index contributed by atoms with van der Waals surface area (Å²) in [5.74, 6) is 1.42. The Morgan fingerprint density at radius 1 is 0.458 bits per heavy atom. The summed E-state index contributed by atoms with van der Waals surface area (Å²) in [4.78, 5) is 65.1. The minimum atomic E-state index is -0.653. The van der Waals surface area contributed by atoms with Crippen molar-refractivity contribution in [1.82, 2.24) is 19.9 Å². The summed E-state index contributed by atoms with van der Waals surface area (Å²) in [5.41, 5.74) is 28.5. The van der Waals surface area contributed by atoms with Crippen LogP contribution in [0, 0.1) is 34.5 Å². The third-order valence-corrected chi connectivity index (χ3v) is 26.1. The van der Waals surface area contributed by atoms with E-state index in [2.05, 4.69) is 45.0 Å².